The van der Waals surface area contributed by atoms with E-state index in [9.17, 15) is 0 Å². The third kappa shape index (κ3) is 1.49. The molecular weight excluding hydrogens is 124 g/mol. The summed E-state index contributed by atoms with van der Waals surface area (Å²) in [7, 11) is 0. The maximum Gasteiger partial charge on any atom is 0.0925 e. The van der Waals surface area contributed by atoms with Crippen molar-refractivity contribution in [2.75, 3.05) is 13.1 Å². The molecule has 1 rings (SSSR count). The van der Waals surface area contributed by atoms with E-state index in [1.165, 1.54) is 12.8 Å². The molecule has 1 N–H and O–H groups in total. The smallest absolute Gasteiger partial charge is 0.0925 e. The summed E-state index contributed by atoms with van der Waals surface area (Å²) in [5.41, 5.74) is 0. The zero-order valence-electron chi connectivity index (χ0n) is 6.85. The van der Waals surface area contributed by atoms with Gasteiger partial charge in [-0.05, 0) is 19.3 Å². The average molecular weight is 140 g/mol. The van der Waals surface area contributed by atoms with E-state index in [0.717, 1.165) is 24.8 Å². The molecule has 58 valence electrons. The fourth-order valence-corrected chi connectivity index (χ4v) is 1.47. The highest BCUT2D eigenvalue weighted by atomic mass is 15.2. The van der Waals surface area contributed by atoms with Crippen LogP contribution in [-0.4, -0.2) is 23.8 Å². The highest BCUT2D eigenvalue weighted by Crippen LogP contribution is 2.18. The molecule has 0 aliphatic carbocycles. The molecule has 10 heavy (non-hydrogen) atoms. The summed E-state index contributed by atoms with van der Waals surface area (Å²) in [6.07, 6.45) is 2.55. The maximum atomic E-state index is 7.38. The highest BCUT2D eigenvalue weighted by Gasteiger charge is 2.20. The standard InChI is InChI=1S/C8H16N2/c1-3-8-4-5-10(6-8)7(2)9/h8-9H,3-6H2,1-2H3/t8-/m0/s1. The van der Waals surface area contributed by atoms with Crippen molar-refractivity contribution in [3.05, 3.63) is 0 Å². The lowest BCUT2D eigenvalue weighted by atomic mass is 10.1. The van der Waals surface area contributed by atoms with Crippen LogP contribution in [0.4, 0.5) is 0 Å². The van der Waals surface area contributed by atoms with Crippen LogP contribution in [0.25, 0.3) is 0 Å². The second-order valence-corrected chi connectivity index (χ2v) is 3.09. The van der Waals surface area contributed by atoms with Gasteiger partial charge in [-0.1, -0.05) is 13.3 Å². The third-order valence-electron chi connectivity index (χ3n) is 2.34. The molecule has 1 aliphatic rings. The molecular formula is C8H16N2. The first kappa shape index (κ1) is 7.58. The third-order valence-corrected chi connectivity index (χ3v) is 2.34. The predicted molar refractivity (Wildman–Crippen MR) is 43.4 cm³/mol. The van der Waals surface area contributed by atoms with Gasteiger partial charge in [0.25, 0.3) is 0 Å². The summed E-state index contributed by atoms with van der Waals surface area (Å²) in [4.78, 5) is 2.16. The van der Waals surface area contributed by atoms with E-state index in [0.29, 0.717) is 0 Å². The molecule has 0 radical (unpaired) electrons. The maximum absolute atomic E-state index is 7.38. The molecule has 0 spiro atoms. The number of hydrogen-bond acceptors (Lipinski definition) is 1. The monoisotopic (exact) mass is 140 g/mol. The van der Waals surface area contributed by atoms with Crippen LogP contribution in [0.3, 0.4) is 0 Å². The van der Waals surface area contributed by atoms with Crippen LogP contribution < -0.4 is 0 Å². The second-order valence-electron chi connectivity index (χ2n) is 3.09. The fourth-order valence-electron chi connectivity index (χ4n) is 1.47. The molecule has 0 bridgehead atoms. The number of likely N-dealkylation sites (tertiary alicyclic amines) is 1. The molecule has 1 saturated heterocycles. The van der Waals surface area contributed by atoms with Gasteiger partial charge < -0.3 is 4.90 Å². The van der Waals surface area contributed by atoms with E-state index in [2.05, 4.69) is 11.8 Å². The van der Waals surface area contributed by atoms with Crippen molar-refractivity contribution in [1.82, 2.24) is 4.90 Å². The van der Waals surface area contributed by atoms with Gasteiger partial charge in [0.2, 0.25) is 0 Å². The zero-order valence-corrected chi connectivity index (χ0v) is 6.85. The van der Waals surface area contributed by atoms with Crippen molar-refractivity contribution in [1.29, 1.82) is 5.41 Å². The molecule has 0 aromatic heterocycles. The van der Waals surface area contributed by atoms with Crippen molar-refractivity contribution in [2.45, 2.75) is 26.7 Å². The van der Waals surface area contributed by atoms with Crippen LogP contribution >= 0.6 is 0 Å². The molecule has 1 atom stereocenters. The van der Waals surface area contributed by atoms with Crippen molar-refractivity contribution >= 4 is 5.84 Å². The molecule has 1 aliphatic heterocycles. The van der Waals surface area contributed by atoms with Crippen molar-refractivity contribution in [3.8, 4) is 0 Å². The molecule has 0 unspecified atom stereocenters. The Hall–Kier alpha value is -0.530. The minimum Gasteiger partial charge on any atom is -0.361 e. The normalized spacial score (nSPS) is 25.4. The Morgan fingerprint density at radius 2 is 2.40 bits per heavy atom. The van der Waals surface area contributed by atoms with E-state index in [-0.39, 0.29) is 0 Å². The summed E-state index contributed by atoms with van der Waals surface area (Å²) < 4.78 is 0. The fraction of sp³-hybridized carbons (Fsp3) is 0.875. The van der Waals surface area contributed by atoms with Gasteiger partial charge in [0, 0.05) is 13.1 Å². The van der Waals surface area contributed by atoms with E-state index in [1.807, 2.05) is 6.92 Å². The molecule has 0 aromatic rings. The van der Waals surface area contributed by atoms with E-state index in [4.69, 9.17) is 5.41 Å². The lowest BCUT2D eigenvalue weighted by Gasteiger charge is -2.15. The van der Waals surface area contributed by atoms with Gasteiger partial charge in [0.05, 0.1) is 5.84 Å². The SMILES string of the molecule is CC[C@H]1CCN(C(C)=N)C1. The Bertz CT molecular complexity index is 131. The average Bonchev–Trinajstić information content (AvgIpc) is 2.34. The van der Waals surface area contributed by atoms with Crippen molar-refractivity contribution < 1.29 is 0 Å². The Kier molecular flexibility index (Phi) is 2.30. The molecule has 1 heterocycles. The summed E-state index contributed by atoms with van der Waals surface area (Å²) in [5.74, 6) is 1.58. The van der Waals surface area contributed by atoms with Crippen LogP contribution in [0, 0.1) is 11.3 Å². The molecule has 0 saturated carbocycles. The summed E-state index contributed by atoms with van der Waals surface area (Å²) in [6, 6.07) is 0. The Balaban J connectivity index is 2.35. The van der Waals surface area contributed by atoms with Gasteiger partial charge >= 0.3 is 0 Å². The lowest BCUT2D eigenvalue weighted by Crippen LogP contribution is -2.25. The summed E-state index contributed by atoms with van der Waals surface area (Å²) >= 11 is 0. The largest absolute Gasteiger partial charge is 0.361 e. The van der Waals surface area contributed by atoms with E-state index in [1.54, 1.807) is 0 Å². The first-order chi connectivity index (χ1) is 4.74. The van der Waals surface area contributed by atoms with Crippen LogP contribution in [-0.2, 0) is 0 Å². The predicted octanol–water partition coefficient (Wildman–Crippen LogP) is 1.72. The summed E-state index contributed by atoms with van der Waals surface area (Å²) in [5, 5.41) is 7.38. The van der Waals surface area contributed by atoms with Crippen molar-refractivity contribution in [3.63, 3.8) is 0 Å². The first-order valence-electron chi connectivity index (χ1n) is 4.04. The van der Waals surface area contributed by atoms with Gasteiger partial charge in [0.1, 0.15) is 0 Å². The van der Waals surface area contributed by atoms with Gasteiger partial charge in [-0.2, -0.15) is 0 Å². The molecule has 0 aromatic carbocycles. The number of nitrogens with one attached hydrogen (secondary N) is 1. The van der Waals surface area contributed by atoms with Crippen LogP contribution in [0.5, 0.6) is 0 Å². The number of nitrogens with zero attached hydrogens (tertiary/aromatic N) is 1. The van der Waals surface area contributed by atoms with Gasteiger partial charge in [-0.25, -0.2) is 0 Å². The van der Waals surface area contributed by atoms with Gasteiger partial charge in [-0.3, -0.25) is 5.41 Å². The molecule has 2 nitrogen and oxygen atoms in total. The van der Waals surface area contributed by atoms with E-state index < -0.39 is 0 Å². The minimum atomic E-state index is 0.732. The summed E-state index contributed by atoms with van der Waals surface area (Å²) in [6.45, 7) is 6.32. The van der Waals surface area contributed by atoms with Gasteiger partial charge in [0.15, 0.2) is 0 Å². The van der Waals surface area contributed by atoms with Gasteiger partial charge in [-0.15, -0.1) is 0 Å². The first-order valence-corrected chi connectivity index (χ1v) is 4.04. The second kappa shape index (κ2) is 3.04. The quantitative estimate of drug-likeness (QED) is 0.435. The number of amidine groups is 1. The molecule has 0 amide bonds. The zero-order chi connectivity index (χ0) is 7.56. The lowest BCUT2D eigenvalue weighted by molar-refractivity contribution is 0.468. The van der Waals surface area contributed by atoms with Crippen LogP contribution in [0.2, 0.25) is 0 Å². The number of rotatable bonds is 1. The van der Waals surface area contributed by atoms with Crippen molar-refractivity contribution in [2.24, 2.45) is 5.92 Å². The molecule has 2 heteroatoms. The Morgan fingerprint density at radius 3 is 2.70 bits per heavy atom. The van der Waals surface area contributed by atoms with Crippen LogP contribution in [0.1, 0.15) is 26.7 Å². The Morgan fingerprint density at radius 1 is 1.70 bits per heavy atom. The molecule has 1 fully saturated rings. The van der Waals surface area contributed by atoms with Crippen LogP contribution in [0.15, 0.2) is 0 Å². The topological polar surface area (TPSA) is 27.1 Å². The number of hydrogen-bond donors (Lipinski definition) is 1. The highest BCUT2D eigenvalue weighted by molar-refractivity contribution is 5.76. The Labute approximate surface area is 62.7 Å². The van der Waals surface area contributed by atoms with E-state index >= 15 is 0 Å². The minimum absolute atomic E-state index is 0.732.